The van der Waals surface area contributed by atoms with Gasteiger partial charge in [-0.2, -0.15) is 5.26 Å². The molecular weight excluding hydrogens is 516 g/mol. The van der Waals surface area contributed by atoms with E-state index in [9.17, 15) is 18.4 Å². The molecule has 0 spiro atoms. The number of likely N-dealkylation sites (tertiary alicyclic amines) is 1. The molecule has 1 aliphatic carbocycles. The van der Waals surface area contributed by atoms with E-state index in [2.05, 4.69) is 16.0 Å². The SMILES string of the molecule is CN(C(=O)OC(CF)CF)[C@@H]1CN(C(=O)C2CCN(c3ccc(C#N)cn3)CC2)C[C@H]1C1=CCC(Cl)C=C1. The smallest absolute Gasteiger partial charge is 0.410 e. The molecule has 0 radical (unpaired) electrons. The van der Waals surface area contributed by atoms with Crippen molar-refractivity contribution in [3.05, 3.63) is 47.7 Å². The summed E-state index contributed by atoms with van der Waals surface area (Å²) in [5.41, 5.74) is 1.48. The number of halogens is 3. The number of rotatable bonds is 7. The van der Waals surface area contributed by atoms with Gasteiger partial charge in [-0.1, -0.05) is 18.2 Å². The van der Waals surface area contributed by atoms with Gasteiger partial charge < -0.3 is 19.4 Å². The van der Waals surface area contributed by atoms with Crippen LogP contribution in [0.1, 0.15) is 24.8 Å². The first-order valence-corrected chi connectivity index (χ1v) is 13.3. The molecule has 0 bridgehead atoms. The fourth-order valence-electron chi connectivity index (χ4n) is 5.29. The summed E-state index contributed by atoms with van der Waals surface area (Å²) >= 11 is 6.20. The quantitative estimate of drug-likeness (QED) is 0.482. The highest BCUT2D eigenvalue weighted by Gasteiger charge is 2.43. The van der Waals surface area contributed by atoms with Crippen LogP contribution in [-0.2, 0) is 9.53 Å². The molecule has 3 atom stereocenters. The Kier molecular flexibility index (Phi) is 9.21. The fourth-order valence-corrected chi connectivity index (χ4v) is 5.45. The summed E-state index contributed by atoms with van der Waals surface area (Å²) in [6.45, 7) is -0.135. The van der Waals surface area contributed by atoms with Crippen molar-refractivity contribution >= 4 is 29.4 Å². The van der Waals surface area contributed by atoms with Gasteiger partial charge in [0.1, 0.15) is 25.2 Å². The number of alkyl halides is 3. The Morgan fingerprint density at radius 3 is 2.58 bits per heavy atom. The Bertz CT molecular complexity index is 1100. The molecule has 1 aromatic heterocycles. The van der Waals surface area contributed by atoms with E-state index in [4.69, 9.17) is 21.6 Å². The average Bonchev–Trinajstić information content (AvgIpc) is 3.41. The molecule has 0 aromatic carbocycles. The van der Waals surface area contributed by atoms with Gasteiger partial charge in [0, 0.05) is 51.3 Å². The van der Waals surface area contributed by atoms with Gasteiger partial charge in [0.05, 0.1) is 17.0 Å². The zero-order valence-electron chi connectivity index (χ0n) is 21.3. The summed E-state index contributed by atoms with van der Waals surface area (Å²) in [6.07, 6.45) is 7.11. The maximum absolute atomic E-state index is 13.6. The van der Waals surface area contributed by atoms with Gasteiger partial charge in [-0.3, -0.25) is 4.79 Å². The van der Waals surface area contributed by atoms with Crippen LogP contribution in [0.3, 0.4) is 0 Å². The van der Waals surface area contributed by atoms with Crippen LogP contribution < -0.4 is 4.90 Å². The lowest BCUT2D eigenvalue weighted by atomic mass is 9.89. The van der Waals surface area contributed by atoms with Crippen LogP contribution in [0.2, 0.25) is 0 Å². The summed E-state index contributed by atoms with van der Waals surface area (Å²) < 4.78 is 30.9. The van der Waals surface area contributed by atoms with E-state index in [0.29, 0.717) is 51.0 Å². The van der Waals surface area contributed by atoms with E-state index < -0.39 is 31.6 Å². The second-order valence-corrected chi connectivity index (χ2v) is 10.5. The molecule has 2 amide bonds. The van der Waals surface area contributed by atoms with Crippen molar-refractivity contribution in [1.82, 2.24) is 14.8 Å². The average molecular weight is 548 g/mol. The highest BCUT2D eigenvalue weighted by atomic mass is 35.5. The number of hydrogen-bond donors (Lipinski definition) is 0. The number of pyridine rings is 1. The summed E-state index contributed by atoms with van der Waals surface area (Å²) in [5, 5.41) is 8.87. The van der Waals surface area contributed by atoms with E-state index in [1.807, 2.05) is 24.3 Å². The molecule has 3 heterocycles. The van der Waals surface area contributed by atoms with Crippen molar-refractivity contribution in [2.45, 2.75) is 36.8 Å². The highest BCUT2D eigenvalue weighted by molar-refractivity contribution is 6.22. The van der Waals surface area contributed by atoms with Gasteiger partial charge in [-0.15, -0.1) is 11.6 Å². The molecule has 204 valence electrons. The van der Waals surface area contributed by atoms with Crippen LogP contribution in [0.5, 0.6) is 0 Å². The van der Waals surface area contributed by atoms with Crippen molar-refractivity contribution in [1.29, 1.82) is 5.26 Å². The number of carbonyl (C=O) groups excluding carboxylic acids is 2. The Morgan fingerprint density at radius 2 is 2.00 bits per heavy atom. The number of aromatic nitrogens is 1. The summed E-state index contributed by atoms with van der Waals surface area (Å²) in [7, 11) is 1.54. The number of piperidine rings is 1. The van der Waals surface area contributed by atoms with E-state index in [1.54, 1.807) is 24.2 Å². The monoisotopic (exact) mass is 547 g/mol. The third-order valence-electron chi connectivity index (χ3n) is 7.55. The van der Waals surface area contributed by atoms with Crippen LogP contribution in [0.15, 0.2) is 42.1 Å². The van der Waals surface area contributed by atoms with Crippen LogP contribution >= 0.6 is 11.6 Å². The topological polar surface area (TPSA) is 89.8 Å². The van der Waals surface area contributed by atoms with E-state index >= 15 is 0 Å². The van der Waals surface area contributed by atoms with Gasteiger partial charge in [0.25, 0.3) is 0 Å². The minimum atomic E-state index is -1.44. The summed E-state index contributed by atoms with van der Waals surface area (Å²) in [6, 6.07) is 5.21. The van der Waals surface area contributed by atoms with Crippen LogP contribution in [-0.4, -0.2) is 90.9 Å². The van der Waals surface area contributed by atoms with Gasteiger partial charge >= 0.3 is 6.09 Å². The largest absolute Gasteiger partial charge is 0.441 e. The van der Waals surface area contributed by atoms with E-state index in [-0.39, 0.29) is 23.1 Å². The van der Waals surface area contributed by atoms with Crippen molar-refractivity contribution in [2.75, 3.05) is 51.5 Å². The highest BCUT2D eigenvalue weighted by Crippen LogP contribution is 2.34. The van der Waals surface area contributed by atoms with Crippen LogP contribution in [0.25, 0.3) is 0 Å². The zero-order valence-corrected chi connectivity index (χ0v) is 22.1. The molecule has 2 fully saturated rings. The second-order valence-electron chi connectivity index (χ2n) is 9.94. The summed E-state index contributed by atoms with van der Waals surface area (Å²) in [5.74, 6) is 0.485. The number of allylic oxidation sites excluding steroid dienone is 3. The Morgan fingerprint density at radius 1 is 1.26 bits per heavy atom. The van der Waals surface area contributed by atoms with Crippen molar-refractivity contribution in [3.8, 4) is 6.07 Å². The number of anilines is 1. The minimum absolute atomic E-state index is 0.0349. The lowest BCUT2D eigenvalue weighted by Gasteiger charge is -2.34. The Hall–Kier alpha value is -3.19. The maximum atomic E-state index is 13.6. The molecule has 38 heavy (non-hydrogen) atoms. The minimum Gasteiger partial charge on any atom is -0.441 e. The molecular formula is C27H32ClF2N5O3. The van der Waals surface area contributed by atoms with E-state index in [1.165, 1.54) is 4.90 Å². The van der Waals surface area contributed by atoms with Gasteiger partial charge in [-0.25, -0.2) is 18.6 Å². The number of carbonyl (C=O) groups is 2. The third-order valence-corrected chi connectivity index (χ3v) is 7.87. The van der Waals surface area contributed by atoms with Gasteiger partial charge in [-0.05, 0) is 37.0 Å². The Balaban J connectivity index is 1.43. The molecule has 1 unspecified atom stereocenters. The number of nitrogens with zero attached hydrogens (tertiary/aromatic N) is 5. The molecule has 4 rings (SSSR count). The van der Waals surface area contributed by atoms with Crippen LogP contribution in [0, 0.1) is 23.2 Å². The number of hydrogen-bond acceptors (Lipinski definition) is 6. The number of nitriles is 1. The van der Waals surface area contributed by atoms with E-state index in [0.717, 1.165) is 11.4 Å². The van der Waals surface area contributed by atoms with Crippen molar-refractivity contribution < 1.29 is 23.1 Å². The second kappa shape index (κ2) is 12.6. The molecule has 2 saturated heterocycles. The molecule has 11 heteroatoms. The van der Waals surface area contributed by atoms with Crippen LogP contribution in [0.4, 0.5) is 19.4 Å². The lowest BCUT2D eigenvalue weighted by Crippen LogP contribution is -2.45. The third kappa shape index (κ3) is 6.26. The zero-order chi connectivity index (χ0) is 27.2. The van der Waals surface area contributed by atoms with Crippen molar-refractivity contribution in [3.63, 3.8) is 0 Å². The first-order valence-electron chi connectivity index (χ1n) is 12.8. The van der Waals surface area contributed by atoms with Gasteiger partial charge in [0.2, 0.25) is 5.91 Å². The first-order chi connectivity index (χ1) is 18.3. The maximum Gasteiger partial charge on any atom is 0.410 e. The summed E-state index contributed by atoms with van der Waals surface area (Å²) in [4.78, 5) is 35.9. The molecule has 3 aliphatic rings. The molecule has 1 aromatic rings. The predicted molar refractivity (Wildman–Crippen MR) is 139 cm³/mol. The fraction of sp³-hybridized carbons (Fsp3) is 0.556. The molecule has 0 N–H and O–H groups in total. The first kappa shape index (κ1) is 27.8. The molecule has 0 saturated carbocycles. The normalized spacial score (nSPS) is 23.8. The molecule has 8 nitrogen and oxygen atoms in total. The van der Waals surface area contributed by atoms with Gasteiger partial charge in [0.15, 0.2) is 6.10 Å². The predicted octanol–water partition coefficient (Wildman–Crippen LogP) is 3.87. The number of amides is 2. The number of ether oxygens (including phenoxy) is 1. The standard InChI is InChI=1S/C27H32ClF2N5O3/c1-33(27(37)38-22(12-29)13-30)24-17-35(16-23(24)19-3-5-21(28)6-4-19)26(36)20-8-10-34(11-9-20)25-7-2-18(14-31)15-32-25/h2-5,7,15,20-24H,6,8-13,16-17H2,1H3/t21?,23-,24+/m0/s1. The number of likely N-dealkylation sites (N-methyl/N-ethyl adjacent to an activating group) is 1. The van der Waals surface area contributed by atoms with Crippen molar-refractivity contribution in [2.24, 2.45) is 11.8 Å². The lowest BCUT2D eigenvalue weighted by molar-refractivity contribution is -0.135. The molecule has 2 aliphatic heterocycles. The Labute approximate surface area is 226 Å².